The summed E-state index contributed by atoms with van der Waals surface area (Å²) in [5.74, 6) is -1.01. The molecule has 0 aromatic heterocycles. The molecule has 66 heavy (non-hydrogen) atoms. The summed E-state index contributed by atoms with van der Waals surface area (Å²) in [6.07, 6.45) is 72.2. The fraction of sp³-hybridized carbons (Fsp3) is 0.650. The van der Waals surface area contributed by atoms with Crippen LogP contribution in [0, 0.1) is 0 Å². The predicted molar refractivity (Wildman–Crippen MR) is 283 cm³/mol. The van der Waals surface area contributed by atoms with Crippen LogP contribution in [0.2, 0.25) is 0 Å². The Morgan fingerprint density at radius 3 is 1.03 bits per heavy atom. The van der Waals surface area contributed by atoms with Gasteiger partial charge in [0, 0.05) is 19.3 Å². The van der Waals surface area contributed by atoms with E-state index in [2.05, 4.69) is 130 Å². The molecule has 0 unspecified atom stereocenters. The van der Waals surface area contributed by atoms with Gasteiger partial charge < -0.3 is 14.2 Å². The number of hydrogen-bond donors (Lipinski definition) is 0. The maximum atomic E-state index is 12.8. The van der Waals surface area contributed by atoms with Crippen LogP contribution >= 0.6 is 0 Å². The second kappa shape index (κ2) is 53.7. The standard InChI is InChI=1S/C60H98O6/c1-4-7-10-13-16-19-22-25-28-30-32-35-38-41-44-47-50-53-59(62)65-56-57(55-64-58(61)52-49-46-43-40-37-34-27-24-21-18-15-12-9-6-3)66-60(63)54-51-48-45-42-39-36-33-31-29-26-23-20-17-14-11-8-5-2/h7,10,16-17,19-20,24-29,32-33,35-36,41,44,57H,4-6,8-9,11-15,18,21-23,30-31,34,37-40,42-43,45-56H2,1-3H3/b10-7-,19-16-,20-17-,27-24-,28-25-,29-26-,35-32-,36-33-,44-41-/t57-/m1/s1. The highest BCUT2D eigenvalue weighted by Crippen LogP contribution is 2.12. The minimum Gasteiger partial charge on any atom is -0.462 e. The maximum absolute atomic E-state index is 12.8. The van der Waals surface area contributed by atoms with E-state index in [4.69, 9.17) is 14.2 Å². The summed E-state index contributed by atoms with van der Waals surface area (Å²) < 4.78 is 16.7. The zero-order valence-corrected chi connectivity index (χ0v) is 42.7. The number of unbranched alkanes of at least 4 members (excludes halogenated alkanes) is 18. The number of esters is 3. The largest absolute Gasteiger partial charge is 0.462 e. The van der Waals surface area contributed by atoms with Crippen LogP contribution in [0.3, 0.4) is 0 Å². The lowest BCUT2D eigenvalue weighted by Gasteiger charge is -2.18. The fourth-order valence-corrected chi connectivity index (χ4v) is 6.95. The van der Waals surface area contributed by atoms with Crippen molar-refractivity contribution in [3.8, 4) is 0 Å². The smallest absolute Gasteiger partial charge is 0.306 e. The minimum absolute atomic E-state index is 0.111. The van der Waals surface area contributed by atoms with Gasteiger partial charge >= 0.3 is 17.9 Å². The summed E-state index contributed by atoms with van der Waals surface area (Å²) in [4.78, 5) is 38.0. The van der Waals surface area contributed by atoms with Crippen LogP contribution in [0.5, 0.6) is 0 Å². The van der Waals surface area contributed by atoms with E-state index in [-0.39, 0.29) is 44.0 Å². The molecule has 0 N–H and O–H groups in total. The van der Waals surface area contributed by atoms with Gasteiger partial charge in [-0.05, 0) is 122 Å². The van der Waals surface area contributed by atoms with E-state index in [0.29, 0.717) is 12.8 Å². The first-order valence-corrected chi connectivity index (χ1v) is 26.9. The molecule has 6 nitrogen and oxygen atoms in total. The average molecular weight is 915 g/mol. The van der Waals surface area contributed by atoms with Crippen molar-refractivity contribution in [2.75, 3.05) is 13.2 Å². The Bertz CT molecular complexity index is 1370. The van der Waals surface area contributed by atoms with Crippen molar-refractivity contribution >= 4 is 17.9 Å². The van der Waals surface area contributed by atoms with E-state index < -0.39 is 6.10 Å². The molecule has 0 heterocycles. The van der Waals surface area contributed by atoms with Crippen LogP contribution in [-0.4, -0.2) is 37.2 Å². The van der Waals surface area contributed by atoms with Crippen LogP contribution in [0.1, 0.15) is 233 Å². The molecule has 0 aliphatic rings. The predicted octanol–water partition coefficient (Wildman–Crippen LogP) is 17.9. The highest BCUT2D eigenvalue weighted by atomic mass is 16.6. The van der Waals surface area contributed by atoms with Crippen molar-refractivity contribution in [1.29, 1.82) is 0 Å². The van der Waals surface area contributed by atoms with Crippen LogP contribution in [0.4, 0.5) is 0 Å². The second-order valence-corrected chi connectivity index (χ2v) is 17.4. The lowest BCUT2D eigenvalue weighted by Crippen LogP contribution is -2.30. The first kappa shape index (κ1) is 62.1. The first-order valence-electron chi connectivity index (χ1n) is 26.9. The Labute approximate surface area is 406 Å². The summed E-state index contributed by atoms with van der Waals surface area (Å²) >= 11 is 0. The molecule has 0 amide bonds. The lowest BCUT2D eigenvalue weighted by atomic mass is 10.1. The van der Waals surface area contributed by atoms with Crippen molar-refractivity contribution in [2.45, 2.75) is 239 Å². The molecule has 0 aromatic rings. The number of allylic oxidation sites excluding steroid dienone is 18. The van der Waals surface area contributed by atoms with Crippen molar-refractivity contribution in [1.82, 2.24) is 0 Å². The molecular formula is C60H98O6. The minimum atomic E-state index is -0.818. The van der Waals surface area contributed by atoms with Gasteiger partial charge in [0.1, 0.15) is 13.2 Å². The zero-order valence-electron chi connectivity index (χ0n) is 42.7. The topological polar surface area (TPSA) is 78.9 Å². The molecule has 0 aromatic carbocycles. The fourth-order valence-electron chi connectivity index (χ4n) is 6.95. The third-order valence-electron chi connectivity index (χ3n) is 11.0. The molecule has 0 saturated carbocycles. The van der Waals surface area contributed by atoms with E-state index in [9.17, 15) is 14.4 Å². The zero-order chi connectivity index (χ0) is 47.9. The molecule has 6 heteroatoms. The van der Waals surface area contributed by atoms with Crippen LogP contribution in [0.25, 0.3) is 0 Å². The average Bonchev–Trinajstić information content (AvgIpc) is 3.31. The van der Waals surface area contributed by atoms with Gasteiger partial charge in [0.15, 0.2) is 6.10 Å². The summed E-state index contributed by atoms with van der Waals surface area (Å²) in [6.45, 7) is 6.40. The highest BCUT2D eigenvalue weighted by molar-refractivity contribution is 5.71. The van der Waals surface area contributed by atoms with E-state index in [0.717, 1.165) is 116 Å². The van der Waals surface area contributed by atoms with Gasteiger partial charge in [-0.3, -0.25) is 14.4 Å². The van der Waals surface area contributed by atoms with Crippen molar-refractivity contribution < 1.29 is 28.6 Å². The van der Waals surface area contributed by atoms with E-state index in [1.54, 1.807) is 0 Å². The Hall–Kier alpha value is -3.93. The van der Waals surface area contributed by atoms with Gasteiger partial charge in [-0.15, -0.1) is 0 Å². The molecule has 0 rings (SSSR count). The molecule has 0 radical (unpaired) electrons. The Morgan fingerprint density at radius 1 is 0.318 bits per heavy atom. The van der Waals surface area contributed by atoms with Gasteiger partial charge in [-0.2, -0.15) is 0 Å². The molecule has 0 saturated heterocycles. The summed E-state index contributed by atoms with van der Waals surface area (Å²) in [5, 5.41) is 0. The molecular weight excluding hydrogens is 817 g/mol. The molecule has 0 spiro atoms. The summed E-state index contributed by atoms with van der Waals surface area (Å²) in [7, 11) is 0. The maximum Gasteiger partial charge on any atom is 0.306 e. The number of rotatable bonds is 47. The molecule has 0 aliphatic carbocycles. The Balaban J connectivity index is 4.55. The van der Waals surface area contributed by atoms with Crippen LogP contribution in [0.15, 0.2) is 109 Å². The van der Waals surface area contributed by atoms with Crippen molar-refractivity contribution in [3.05, 3.63) is 109 Å². The van der Waals surface area contributed by atoms with E-state index >= 15 is 0 Å². The monoisotopic (exact) mass is 915 g/mol. The van der Waals surface area contributed by atoms with Gasteiger partial charge in [-0.25, -0.2) is 0 Å². The highest BCUT2D eigenvalue weighted by Gasteiger charge is 2.19. The SMILES string of the molecule is CC/C=C\C/C=C\C/C=C\C/C=C\C/C=C\CCCC(=O)OC[C@@H](COC(=O)CCCCCCC/C=C\CCCCCCC)OC(=O)CCCCCC/C=C\C/C=C\C/C=C\CCCCC. The normalized spacial score (nSPS) is 13.0. The number of ether oxygens (including phenoxy) is 3. The summed E-state index contributed by atoms with van der Waals surface area (Å²) in [6, 6.07) is 0. The van der Waals surface area contributed by atoms with Gasteiger partial charge in [-0.1, -0.05) is 201 Å². The number of hydrogen-bond acceptors (Lipinski definition) is 6. The van der Waals surface area contributed by atoms with Gasteiger partial charge in [0.05, 0.1) is 0 Å². The second-order valence-electron chi connectivity index (χ2n) is 17.4. The van der Waals surface area contributed by atoms with Crippen LogP contribution < -0.4 is 0 Å². The molecule has 0 fully saturated rings. The first-order chi connectivity index (χ1) is 32.5. The summed E-state index contributed by atoms with van der Waals surface area (Å²) in [5.41, 5.74) is 0. The molecule has 374 valence electrons. The lowest BCUT2D eigenvalue weighted by molar-refractivity contribution is -0.167. The third-order valence-corrected chi connectivity index (χ3v) is 11.0. The van der Waals surface area contributed by atoms with Crippen LogP contribution in [-0.2, 0) is 28.6 Å². The number of carbonyl (C=O) groups excluding carboxylic acids is 3. The quantitative estimate of drug-likeness (QED) is 0.0262. The van der Waals surface area contributed by atoms with E-state index in [1.807, 2.05) is 0 Å². The van der Waals surface area contributed by atoms with Crippen molar-refractivity contribution in [2.24, 2.45) is 0 Å². The van der Waals surface area contributed by atoms with Gasteiger partial charge in [0.25, 0.3) is 0 Å². The van der Waals surface area contributed by atoms with E-state index in [1.165, 1.54) is 70.6 Å². The Morgan fingerprint density at radius 2 is 0.606 bits per heavy atom. The van der Waals surface area contributed by atoms with Crippen molar-refractivity contribution in [3.63, 3.8) is 0 Å². The molecule has 0 bridgehead atoms. The molecule has 0 aliphatic heterocycles. The molecule has 1 atom stereocenters. The number of carbonyl (C=O) groups is 3. The third kappa shape index (κ3) is 51.1. The Kier molecular flexibility index (Phi) is 50.5. The van der Waals surface area contributed by atoms with Gasteiger partial charge in [0.2, 0.25) is 0 Å².